The zero-order valence-electron chi connectivity index (χ0n) is 8.56. The van der Waals surface area contributed by atoms with Crippen LogP contribution in [0, 0.1) is 5.92 Å². The lowest BCUT2D eigenvalue weighted by molar-refractivity contribution is -0.139. The van der Waals surface area contributed by atoms with E-state index in [2.05, 4.69) is 0 Å². The maximum absolute atomic E-state index is 11.3. The maximum Gasteiger partial charge on any atom is 0.253 e. The Hall–Kier alpha value is -1.16. The molecule has 1 unspecified atom stereocenters. The van der Waals surface area contributed by atoms with Gasteiger partial charge in [-0.25, -0.2) is 0 Å². The van der Waals surface area contributed by atoms with Crippen LogP contribution < -0.4 is 5.73 Å². The van der Waals surface area contributed by atoms with Crippen LogP contribution >= 0.6 is 0 Å². The third-order valence-electron chi connectivity index (χ3n) is 2.22. The molecule has 1 atom stereocenters. The van der Waals surface area contributed by atoms with E-state index in [1.165, 1.54) is 17.1 Å². The first-order valence-corrected chi connectivity index (χ1v) is 4.81. The number of carbonyl (C=O) groups excluding carboxylic acids is 2. The summed E-state index contributed by atoms with van der Waals surface area (Å²) in [5.41, 5.74) is 5.55. The summed E-state index contributed by atoms with van der Waals surface area (Å²) in [6.07, 6.45) is 3.35. The predicted octanol–water partition coefficient (Wildman–Crippen LogP) is 0.285. The topological polar surface area (TPSA) is 63.4 Å². The zero-order chi connectivity index (χ0) is 10.7. The summed E-state index contributed by atoms with van der Waals surface area (Å²) in [6, 6.07) is -0.162. The first kappa shape index (κ1) is 10.9. The van der Waals surface area contributed by atoms with E-state index in [9.17, 15) is 9.59 Å². The van der Waals surface area contributed by atoms with Crippen LogP contribution in [0.3, 0.4) is 0 Å². The van der Waals surface area contributed by atoms with Crippen molar-refractivity contribution in [2.45, 2.75) is 26.3 Å². The van der Waals surface area contributed by atoms with Gasteiger partial charge in [-0.2, -0.15) is 0 Å². The van der Waals surface area contributed by atoms with Crippen molar-refractivity contribution in [2.24, 2.45) is 11.7 Å². The van der Waals surface area contributed by atoms with Crippen LogP contribution in [0.15, 0.2) is 12.2 Å². The quantitative estimate of drug-likeness (QED) is 0.657. The molecule has 0 saturated heterocycles. The summed E-state index contributed by atoms with van der Waals surface area (Å²) in [7, 11) is 0. The van der Waals surface area contributed by atoms with Crippen LogP contribution in [0.5, 0.6) is 0 Å². The van der Waals surface area contributed by atoms with Gasteiger partial charge in [0.2, 0.25) is 0 Å². The normalized spacial score (nSPS) is 18.4. The van der Waals surface area contributed by atoms with Crippen LogP contribution in [-0.4, -0.2) is 29.3 Å². The van der Waals surface area contributed by atoms with Gasteiger partial charge in [0.05, 0.1) is 6.04 Å². The summed E-state index contributed by atoms with van der Waals surface area (Å²) < 4.78 is 0. The summed E-state index contributed by atoms with van der Waals surface area (Å²) in [5.74, 6) is -0.0676. The van der Waals surface area contributed by atoms with E-state index >= 15 is 0 Å². The first-order chi connectivity index (χ1) is 6.56. The highest BCUT2D eigenvalue weighted by Crippen LogP contribution is 2.15. The van der Waals surface area contributed by atoms with Crippen molar-refractivity contribution >= 4 is 11.8 Å². The fraction of sp³-hybridized carbons (Fsp3) is 0.600. The van der Waals surface area contributed by atoms with Crippen LogP contribution in [0.2, 0.25) is 0 Å². The lowest BCUT2D eigenvalue weighted by Gasteiger charge is -2.26. The first-order valence-electron chi connectivity index (χ1n) is 4.81. The monoisotopic (exact) mass is 196 g/mol. The summed E-state index contributed by atoms with van der Waals surface area (Å²) in [6.45, 7) is 4.42. The predicted molar refractivity (Wildman–Crippen MR) is 53.3 cm³/mol. The van der Waals surface area contributed by atoms with Crippen LogP contribution in [0.4, 0.5) is 0 Å². The van der Waals surface area contributed by atoms with Crippen molar-refractivity contribution in [3.05, 3.63) is 12.2 Å². The van der Waals surface area contributed by atoms with Crippen LogP contribution in [0.25, 0.3) is 0 Å². The largest absolute Gasteiger partial charge is 0.328 e. The van der Waals surface area contributed by atoms with Crippen molar-refractivity contribution < 1.29 is 9.59 Å². The number of hydrogen-bond acceptors (Lipinski definition) is 3. The van der Waals surface area contributed by atoms with Gasteiger partial charge >= 0.3 is 0 Å². The molecule has 4 heteroatoms. The Morgan fingerprint density at radius 1 is 1.29 bits per heavy atom. The van der Waals surface area contributed by atoms with Crippen LogP contribution in [0.1, 0.15) is 20.3 Å². The van der Waals surface area contributed by atoms with Crippen LogP contribution in [-0.2, 0) is 9.59 Å². The van der Waals surface area contributed by atoms with Crippen molar-refractivity contribution in [1.29, 1.82) is 0 Å². The Bertz CT molecular complexity index is 253. The molecule has 78 valence electrons. The minimum Gasteiger partial charge on any atom is -0.328 e. The van der Waals surface area contributed by atoms with E-state index in [0.717, 1.165) is 6.42 Å². The summed E-state index contributed by atoms with van der Waals surface area (Å²) in [4.78, 5) is 23.9. The van der Waals surface area contributed by atoms with Gasteiger partial charge in [0.25, 0.3) is 11.8 Å². The van der Waals surface area contributed by atoms with Gasteiger partial charge in [-0.15, -0.1) is 0 Å². The molecule has 0 radical (unpaired) electrons. The lowest BCUT2D eigenvalue weighted by Crippen LogP contribution is -2.45. The number of nitrogens with two attached hydrogens (primary N) is 1. The summed E-state index contributed by atoms with van der Waals surface area (Å²) >= 11 is 0. The molecule has 1 aliphatic heterocycles. The van der Waals surface area contributed by atoms with E-state index in [1.807, 2.05) is 13.8 Å². The molecule has 1 heterocycles. The molecule has 0 aliphatic carbocycles. The fourth-order valence-corrected chi connectivity index (χ4v) is 1.62. The van der Waals surface area contributed by atoms with Gasteiger partial charge < -0.3 is 5.73 Å². The number of rotatable bonds is 4. The van der Waals surface area contributed by atoms with E-state index in [4.69, 9.17) is 5.73 Å². The molecule has 0 aromatic carbocycles. The molecule has 0 fully saturated rings. The number of nitrogens with zero attached hydrogens (tertiary/aromatic N) is 1. The van der Waals surface area contributed by atoms with Crippen molar-refractivity contribution in [3.8, 4) is 0 Å². The second-order valence-corrected chi connectivity index (χ2v) is 3.90. The third kappa shape index (κ3) is 2.20. The standard InChI is InChI=1S/C10H16N2O2/c1-7(2)5-8(6-11)12-9(13)3-4-10(12)14/h3-4,7-8H,5-6,11H2,1-2H3. The Balaban J connectivity index is 2.69. The molecular weight excluding hydrogens is 180 g/mol. The van der Waals surface area contributed by atoms with Gasteiger partial charge in [0.15, 0.2) is 0 Å². The SMILES string of the molecule is CC(C)CC(CN)N1C(=O)C=CC1=O. The molecule has 0 aromatic heterocycles. The zero-order valence-corrected chi connectivity index (χ0v) is 8.56. The van der Waals surface area contributed by atoms with Crippen molar-refractivity contribution in [2.75, 3.05) is 6.54 Å². The van der Waals surface area contributed by atoms with E-state index < -0.39 is 0 Å². The minimum atomic E-state index is -0.244. The van der Waals surface area contributed by atoms with Gasteiger partial charge in [0.1, 0.15) is 0 Å². The van der Waals surface area contributed by atoms with Gasteiger partial charge in [-0.3, -0.25) is 14.5 Å². The van der Waals surface area contributed by atoms with E-state index in [0.29, 0.717) is 12.5 Å². The second kappa shape index (κ2) is 4.37. The molecule has 1 aliphatic rings. The average Bonchev–Trinajstić information content (AvgIpc) is 2.43. The maximum atomic E-state index is 11.3. The van der Waals surface area contributed by atoms with Gasteiger partial charge in [-0.05, 0) is 12.3 Å². The van der Waals surface area contributed by atoms with E-state index in [1.54, 1.807) is 0 Å². The highest BCUT2D eigenvalue weighted by molar-refractivity contribution is 6.13. The van der Waals surface area contributed by atoms with Crippen molar-refractivity contribution in [1.82, 2.24) is 4.90 Å². The molecule has 2 N–H and O–H groups in total. The Morgan fingerprint density at radius 3 is 2.14 bits per heavy atom. The number of amides is 2. The Morgan fingerprint density at radius 2 is 1.79 bits per heavy atom. The van der Waals surface area contributed by atoms with Crippen molar-refractivity contribution in [3.63, 3.8) is 0 Å². The third-order valence-corrected chi connectivity index (χ3v) is 2.22. The molecule has 1 rings (SSSR count). The molecule has 0 aromatic rings. The molecule has 0 saturated carbocycles. The second-order valence-electron chi connectivity index (χ2n) is 3.90. The van der Waals surface area contributed by atoms with Gasteiger partial charge in [-0.1, -0.05) is 13.8 Å². The summed E-state index contributed by atoms with van der Waals surface area (Å²) in [5, 5.41) is 0. The fourth-order valence-electron chi connectivity index (χ4n) is 1.62. The number of hydrogen-bond donors (Lipinski definition) is 1. The number of carbonyl (C=O) groups is 2. The average molecular weight is 196 g/mol. The molecule has 4 nitrogen and oxygen atoms in total. The molecular formula is C10H16N2O2. The van der Waals surface area contributed by atoms with E-state index in [-0.39, 0.29) is 17.9 Å². The highest BCUT2D eigenvalue weighted by Gasteiger charge is 2.30. The number of imide groups is 1. The Labute approximate surface area is 83.8 Å². The highest BCUT2D eigenvalue weighted by atomic mass is 16.2. The van der Waals surface area contributed by atoms with Gasteiger partial charge in [0, 0.05) is 18.7 Å². The molecule has 14 heavy (non-hydrogen) atoms. The molecule has 0 bridgehead atoms. The molecule has 0 spiro atoms. The Kier molecular flexibility index (Phi) is 3.41. The minimum absolute atomic E-state index is 0.162. The smallest absolute Gasteiger partial charge is 0.253 e. The lowest BCUT2D eigenvalue weighted by atomic mass is 10.0. The molecule has 2 amide bonds.